The number of nitriles is 1. The van der Waals surface area contributed by atoms with Crippen LogP contribution in [0.3, 0.4) is 0 Å². The molecule has 0 radical (unpaired) electrons. The number of benzene rings is 2. The first-order chi connectivity index (χ1) is 9.11. The van der Waals surface area contributed by atoms with Crippen LogP contribution in [-0.4, -0.2) is 4.92 Å². The molecule has 0 atom stereocenters. The zero-order valence-corrected chi connectivity index (χ0v) is 11.9. The van der Waals surface area contributed by atoms with Crippen molar-refractivity contribution < 1.29 is 4.92 Å². The van der Waals surface area contributed by atoms with E-state index in [9.17, 15) is 10.1 Å². The van der Waals surface area contributed by atoms with Crippen molar-refractivity contribution in [2.75, 3.05) is 0 Å². The molecule has 0 aromatic heterocycles. The maximum absolute atomic E-state index is 10.7. The Kier molecular flexibility index (Phi) is 4.20. The molecule has 0 unspecified atom stereocenters. The fourth-order valence-corrected chi connectivity index (χ4v) is 2.89. The molecule has 0 amide bonds. The summed E-state index contributed by atoms with van der Waals surface area (Å²) in [6.45, 7) is 0. The molecule has 0 fully saturated rings. The molecule has 6 heteroatoms. The predicted molar refractivity (Wildman–Crippen MR) is 76.1 cm³/mol. The van der Waals surface area contributed by atoms with Crippen LogP contribution in [0.1, 0.15) is 5.56 Å². The molecule has 19 heavy (non-hydrogen) atoms. The second kappa shape index (κ2) is 5.87. The Hall–Kier alpha value is -1.84. The average molecular weight is 335 g/mol. The number of nitrogens with zero attached hydrogens (tertiary/aromatic N) is 2. The summed E-state index contributed by atoms with van der Waals surface area (Å²) in [5, 5.41) is 19.7. The van der Waals surface area contributed by atoms with Crippen molar-refractivity contribution in [3.05, 3.63) is 62.6 Å². The van der Waals surface area contributed by atoms with E-state index in [2.05, 4.69) is 15.9 Å². The molecule has 94 valence electrons. The Balaban J connectivity index is 2.36. The minimum Gasteiger partial charge on any atom is -0.258 e. The first-order valence-electron chi connectivity index (χ1n) is 5.22. The van der Waals surface area contributed by atoms with Crippen molar-refractivity contribution in [3.8, 4) is 6.07 Å². The molecule has 0 heterocycles. The summed E-state index contributed by atoms with van der Waals surface area (Å²) >= 11 is 4.88. The van der Waals surface area contributed by atoms with Gasteiger partial charge in [-0.15, -0.1) is 0 Å². The van der Waals surface area contributed by atoms with E-state index in [1.807, 2.05) is 30.3 Å². The minimum atomic E-state index is -0.550. The predicted octanol–water partition coefficient (Wildman–Crippen LogP) is 4.38. The highest BCUT2D eigenvalue weighted by atomic mass is 79.9. The highest BCUT2D eigenvalue weighted by Crippen LogP contribution is 2.35. The van der Waals surface area contributed by atoms with Crippen LogP contribution < -0.4 is 0 Å². The quantitative estimate of drug-likeness (QED) is 0.617. The van der Waals surface area contributed by atoms with E-state index in [4.69, 9.17) is 5.26 Å². The molecule has 2 aromatic carbocycles. The van der Waals surface area contributed by atoms with Gasteiger partial charge in [-0.05, 0) is 40.2 Å². The van der Waals surface area contributed by atoms with Crippen molar-refractivity contribution >= 4 is 33.4 Å². The van der Waals surface area contributed by atoms with Gasteiger partial charge in [0.05, 0.1) is 4.92 Å². The molecular weight excluding hydrogens is 328 g/mol. The maximum atomic E-state index is 10.7. The number of rotatable bonds is 3. The van der Waals surface area contributed by atoms with Gasteiger partial charge in [0, 0.05) is 20.3 Å². The van der Waals surface area contributed by atoms with E-state index in [0.29, 0.717) is 0 Å². The fraction of sp³-hybridized carbons (Fsp3) is 0. The largest absolute Gasteiger partial charge is 0.287 e. The van der Waals surface area contributed by atoms with E-state index in [-0.39, 0.29) is 11.3 Å². The summed E-state index contributed by atoms with van der Waals surface area (Å²) in [6.07, 6.45) is 0. The number of halogens is 1. The second-order valence-electron chi connectivity index (χ2n) is 3.58. The van der Waals surface area contributed by atoms with Gasteiger partial charge in [0.25, 0.3) is 5.69 Å². The van der Waals surface area contributed by atoms with Gasteiger partial charge in [-0.3, -0.25) is 10.1 Å². The van der Waals surface area contributed by atoms with E-state index < -0.39 is 4.92 Å². The lowest BCUT2D eigenvalue weighted by molar-refractivity contribution is -0.385. The van der Waals surface area contributed by atoms with Gasteiger partial charge in [-0.1, -0.05) is 23.9 Å². The Labute approximate surface area is 122 Å². The fourth-order valence-electron chi connectivity index (χ4n) is 1.48. The van der Waals surface area contributed by atoms with Gasteiger partial charge in [-0.2, -0.15) is 5.26 Å². The third-order valence-corrected chi connectivity index (χ3v) is 4.37. The van der Waals surface area contributed by atoms with Crippen molar-refractivity contribution in [2.24, 2.45) is 0 Å². The molecule has 2 aromatic rings. The van der Waals surface area contributed by atoms with E-state index in [0.717, 1.165) is 14.3 Å². The first-order valence-corrected chi connectivity index (χ1v) is 6.83. The summed E-state index contributed by atoms with van der Waals surface area (Å²) < 4.78 is 0.942. The van der Waals surface area contributed by atoms with Crippen LogP contribution in [0.5, 0.6) is 0 Å². The molecule has 0 aliphatic carbocycles. The molecule has 0 saturated heterocycles. The zero-order valence-electron chi connectivity index (χ0n) is 9.54. The molecule has 0 bridgehead atoms. The topological polar surface area (TPSA) is 66.9 Å². The second-order valence-corrected chi connectivity index (χ2v) is 5.55. The Morgan fingerprint density at radius 2 is 2.00 bits per heavy atom. The minimum absolute atomic E-state index is 0.0713. The molecule has 0 N–H and O–H groups in total. The van der Waals surface area contributed by atoms with Crippen molar-refractivity contribution in [3.63, 3.8) is 0 Å². The number of hydrogen-bond donors (Lipinski definition) is 0. The van der Waals surface area contributed by atoms with Gasteiger partial charge in [0.2, 0.25) is 0 Å². The smallest absolute Gasteiger partial charge is 0.258 e. The third kappa shape index (κ3) is 3.13. The van der Waals surface area contributed by atoms with E-state index in [1.54, 1.807) is 6.07 Å². The normalized spacial score (nSPS) is 9.89. The molecule has 2 rings (SSSR count). The Bertz CT molecular complexity index is 683. The monoisotopic (exact) mass is 334 g/mol. The number of hydrogen-bond acceptors (Lipinski definition) is 4. The lowest BCUT2D eigenvalue weighted by Crippen LogP contribution is -1.92. The number of nitro benzene ring substituents is 1. The summed E-state index contributed by atoms with van der Waals surface area (Å²) in [7, 11) is 0. The van der Waals surface area contributed by atoms with Crippen molar-refractivity contribution in [1.82, 2.24) is 0 Å². The Morgan fingerprint density at radius 3 is 2.63 bits per heavy atom. The molecular formula is C13H7BrN2O2S. The standard InChI is InChI=1S/C13H7BrN2O2S/c14-11-3-1-2-4-13(11)19-10-5-6-12(16(17)18)9(7-10)8-15/h1-7H. The van der Waals surface area contributed by atoms with Crippen LogP contribution >= 0.6 is 27.7 Å². The average Bonchev–Trinajstić information content (AvgIpc) is 2.41. The lowest BCUT2D eigenvalue weighted by Gasteiger charge is -2.04. The highest BCUT2D eigenvalue weighted by molar-refractivity contribution is 9.10. The van der Waals surface area contributed by atoms with Crippen LogP contribution in [0.15, 0.2) is 56.7 Å². The van der Waals surface area contributed by atoms with Gasteiger partial charge in [0.15, 0.2) is 0 Å². The van der Waals surface area contributed by atoms with Crippen LogP contribution in [-0.2, 0) is 0 Å². The first kappa shape index (κ1) is 13.6. The molecule has 0 aliphatic heterocycles. The van der Waals surface area contributed by atoms with Crippen molar-refractivity contribution in [1.29, 1.82) is 5.26 Å². The Morgan fingerprint density at radius 1 is 1.26 bits per heavy atom. The number of nitro groups is 1. The lowest BCUT2D eigenvalue weighted by atomic mass is 10.2. The maximum Gasteiger partial charge on any atom is 0.287 e. The summed E-state index contributed by atoms with van der Waals surface area (Å²) in [5.41, 5.74) is -0.0963. The summed E-state index contributed by atoms with van der Waals surface area (Å²) in [6, 6.07) is 14.0. The van der Waals surface area contributed by atoms with Gasteiger partial charge < -0.3 is 0 Å². The SMILES string of the molecule is N#Cc1cc(Sc2ccccc2Br)ccc1[N+](=O)[O-]. The van der Waals surface area contributed by atoms with Crippen LogP contribution in [0.2, 0.25) is 0 Å². The highest BCUT2D eigenvalue weighted by Gasteiger charge is 2.14. The van der Waals surface area contributed by atoms with Crippen LogP contribution in [0.25, 0.3) is 0 Å². The molecule has 0 aliphatic rings. The van der Waals surface area contributed by atoms with Gasteiger partial charge in [-0.25, -0.2) is 0 Å². The van der Waals surface area contributed by atoms with E-state index >= 15 is 0 Å². The van der Waals surface area contributed by atoms with Gasteiger partial charge >= 0.3 is 0 Å². The van der Waals surface area contributed by atoms with Crippen molar-refractivity contribution in [2.45, 2.75) is 9.79 Å². The van der Waals surface area contributed by atoms with Crippen LogP contribution in [0, 0.1) is 21.4 Å². The molecule has 4 nitrogen and oxygen atoms in total. The van der Waals surface area contributed by atoms with E-state index in [1.165, 1.54) is 23.9 Å². The van der Waals surface area contributed by atoms with Crippen LogP contribution in [0.4, 0.5) is 5.69 Å². The molecule has 0 spiro atoms. The summed E-state index contributed by atoms with van der Waals surface area (Å²) in [4.78, 5) is 12.0. The third-order valence-electron chi connectivity index (χ3n) is 2.35. The summed E-state index contributed by atoms with van der Waals surface area (Å²) in [5.74, 6) is 0. The zero-order chi connectivity index (χ0) is 13.8. The van der Waals surface area contributed by atoms with Gasteiger partial charge in [0.1, 0.15) is 11.6 Å². The molecule has 0 saturated carbocycles.